The first-order valence-corrected chi connectivity index (χ1v) is 9.57. The molecule has 2 aromatic rings. The molecule has 1 aliphatic rings. The molecule has 0 unspecified atom stereocenters. The third-order valence-corrected chi connectivity index (χ3v) is 5.66. The average Bonchev–Trinajstić information content (AvgIpc) is 2.98. The van der Waals surface area contributed by atoms with Gasteiger partial charge in [-0.1, -0.05) is 32.4 Å². The lowest BCUT2D eigenvalue weighted by molar-refractivity contribution is 0.102. The number of aromatic nitrogens is 3. The zero-order chi connectivity index (χ0) is 17.4. The van der Waals surface area contributed by atoms with Gasteiger partial charge < -0.3 is 0 Å². The van der Waals surface area contributed by atoms with Gasteiger partial charge >= 0.3 is 0 Å². The van der Waals surface area contributed by atoms with Gasteiger partial charge in [0.25, 0.3) is 5.91 Å². The molecular weight excluding hydrogens is 344 g/mol. The number of amides is 1. The van der Waals surface area contributed by atoms with Crippen LogP contribution >= 0.6 is 22.9 Å². The highest BCUT2D eigenvalue weighted by Crippen LogP contribution is 2.32. The molecule has 1 amide bonds. The number of nitrogens with zero attached hydrogens (tertiary/aromatic N) is 3. The molecule has 1 aliphatic carbocycles. The highest BCUT2D eigenvalue weighted by molar-refractivity contribution is 7.15. The van der Waals surface area contributed by atoms with E-state index in [-0.39, 0.29) is 5.91 Å². The first-order chi connectivity index (χ1) is 11.3. The van der Waals surface area contributed by atoms with Crippen LogP contribution in [0.5, 0.6) is 0 Å². The molecule has 3 rings (SSSR count). The fourth-order valence-corrected chi connectivity index (χ4v) is 4.53. The number of aryl methyl sites for hydroxylation is 2. The van der Waals surface area contributed by atoms with Crippen LogP contribution < -0.4 is 5.32 Å². The van der Waals surface area contributed by atoms with Gasteiger partial charge in [0.2, 0.25) is 0 Å². The average molecular weight is 367 g/mol. The van der Waals surface area contributed by atoms with Gasteiger partial charge in [-0.2, -0.15) is 5.10 Å². The van der Waals surface area contributed by atoms with Crippen molar-refractivity contribution in [1.29, 1.82) is 0 Å². The maximum atomic E-state index is 12.6. The van der Waals surface area contributed by atoms with E-state index in [2.05, 4.69) is 36.2 Å². The van der Waals surface area contributed by atoms with Gasteiger partial charge in [-0.25, -0.2) is 4.98 Å². The maximum absolute atomic E-state index is 12.6. The predicted molar refractivity (Wildman–Crippen MR) is 98.1 cm³/mol. The molecule has 0 saturated heterocycles. The number of anilines is 1. The molecule has 7 heteroatoms. The normalized spacial score (nSPS) is 17.2. The summed E-state index contributed by atoms with van der Waals surface area (Å²) in [4.78, 5) is 18.5. The molecule has 130 valence electrons. The van der Waals surface area contributed by atoms with E-state index in [1.165, 1.54) is 4.88 Å². The number of nitrogens with one attached hydrogen (secondary N) is 1. The van der Waals surface area contributed by atoms with Crippen molar-refractivity contribution in [3.05, 3.63) is 27.0 Å². The molecule has 1 atom stereocenters. The van der Waals surface area contributed by atoms with Crippen molar-refractivity contribution < 1.29 is 4.79 Å². The van der Waals surface area contributed by atoms with Gasteiger partial charge in [0.15, 0.2) is 5.13 Å². The Balaban J connectivity index is 1.79. The second-order valence-electron chi connectivity index (χ2n) is 7.02. The van der Waals surface area contributed by atoms with Crippen LogP contribution in [0.15, 0.2) is 0 Å². The van der Waals surface area contributed by atoms with E-state index in [1.807, 2.05) is 6.92 Å². The van der Waals surface area contributed by atoms with Crippen molar-refractivity contribution >= 4 is 34.0 Å². The minimum absolute atomic E-state index is 0.230. The minimum atomic E-state index is -0.230. The van der Waals surface area contributed by atoms with Crippen LogP contribution in [0.1, 0.15) is 53.8 Å². The first-order valence-electron chi connectivity index (χ1n) is 8.38. The van der Waals surface area contributed by atoms with E-state index in [9.17, 15) is 4.79 Å². The topological polar surface area (TPSA) is 59.8 Å². The summed E-state index contributed by atoms with van der Waals surface area (Å²) in [6.07, 6.45) is 3.21. The molecule has 2 heterocycles. The predicted octanol–water partition coefficient (Wildman–Crippen LogP) is 4.33. The van der Waals surface area contributed by atoms with E-state index in [1.54, 1.807) is 16.0 Å². The molecule has 0 saturated carbocycles. The SMILES string of the molecule is Cc1nn(CC(C)C)c(Cl)c1C(=O)Nc1nc2c(s1)C[C@H](C)CC2. The van der Waals surface area contributed by atoms with E-state index >= 15 is 0 Å². The number of rotatable bonds is 4. The Bertz CT molecular complexity index is 765. The fraction of sp³-hybridized carbons (Fsp3) is 0.588. The van der Waals surface area contributed by atoms with Crippen LogP contribution in [-0.4, -0.2) is 20.7 Å². The lowest BCUT2D eigenvalue weighted by Gasteiger charge is -2.15. The Kier molecular flexibility index (Phi) is 4.97. The second kappa shape index (κ2) is 6.84. The zero-order valence-corrected chi connectivity index (χ0v) is 16.1. The molecular formula is C17H23ClN4OS. The lowest BCUT2D eigenvalue weighted by atomic mass is 9.93. The summed E-state index contributed by atoms with van der Waals surface area (Å²) < 4.78 is 1.70. The maximum Gasteiger partial charge on any atom is 0.262 e. The summed E-state index contributed by atoms with van der Waals surface area (Å²) in [5.41, 5.74) is 2.22. The van der Waals surface area contributed by atoms with Gasteiger partial charge in [-0.15, -0.1) is 11.3 Å². The highest BCUT2D eigenvalue weighted by atomic mass is 35.5. The van der Waals surface area contributed by atoms with E-state index in [0.717, 1.165) is 25.0 Å². The Morgan fingerprint density at radius 3 is 2.96 bits per heavy atom. The van der Waals surface area contributed by atoms with Crippen LogP contribution in [0, 0.1) is 18.8 Å². The molecule has 0 aliphatic heterocycles. The summed E-state index contributed by atoms with van der Waals surface area (Å²) in [5.74, 6) is 0.865. The van der Waals surface area contributed by atoms with Crippen LogP contribution in [-0.2, 0) is 19.4 Å². The molecule has 0 bridgehead atoms. The number of hydrogen-bond donors (Lipinski definition) is 1. The molecule has 2 aromatic heterocycles. The number of carbonyl (C=O) groups is 1. The van der Waals surface area contributed by atoms with Crippen molar-refractivity contribution in [3.8, 4) is 0 Å². The Hall–Kier alpha value is -1.40. The van der Waals surface area contributed by atoms with Crippen LogP contribution in [0.2, 0.25) is 5.15 Å². The molecule has 5 nitrogen and oxygen atoms in total. The molecule has 24 heavy (non-hydrogen) atoms. The van der Waals surface area contributed by atoms with Crippen molar-refractivity contribution in [2.45, 2.75) is 53.5 Å². The number of fused-ring (bicyclic) bond motifs is 1. The quantitative estimate of drug-likeness (QED) is 0.875. The summed E-state index contributed by atoms with van der Waals surface area (Å²) in [7, 11) is 0. The highest BCUT2D eigenvalue weighted by Gasteiger charge is 2.24. The Morgan fingerprint density at radius 2 is 2.25 bits per heavy atom. The minimum Gasteiger partial charge on any atom is -0.298 e. The van der Waals surface area contributed by atoms with Crippen LogP contribution in [0.3, 0.4) is 0 Å². The van der Waals surface area contributed by atoms with E-state index < -0.39 is 0 Å². The van der Waals surface area contributed by atoms with Crippen molar-refractivity contribution in [1.82, 2.24) is 14.8 Å². The zero-order valence-electron chi connectivity index (χ0n) is 14.5. The van der Waals surface area contributed by atoms with Crippen molar-refractivity contribution in [3.63, 3.8) is 0 Å². The van der Waals surface area contributed by atoms with Gasteiger partial charge in [0.1, 0.15) is 5.15 Å². The molecule has 0 radical (unpaired) electrons. The molecule has 0 spiro atoms. The second-order valence-corrected chi connectivity index (χ2v) is 8.46. The summed E-state index contributed by atoms with van der Waals surface area (Å²) in [6, 6.07) is 0. The largest absolute Gasteiger partial charge is 0.298 e. The Labute approximate surface area is 151 Å². The fourth-order valence-electron chi connectivity index (χ4n) is 3.03. The monoisotopic (exact) mass is 366 g/mol. The summed E-state index contributed by atoms with van der Waals surface area (Å²) >= 11 is 7.96. The number of hydrogen-bond acceptors (Lipinski definition) is 4. The summed E-state index contributed by atoms with van der Waals surface area (Å²) in [6.45, 7) is 8.94. The van der Waals surface area contributed by atoms with E-state index in [4.69, 9.17) is 11.6 Å². The third-order valence-electron chi connectivity index (χ3n) is 4.24. The van der Waals surface area contributed by atoms with Crippen LogP contribution in [0.4, 0.5) is 5.13 Å². The first kappa shape index (κ1) is 17.4. The molecule has 1 N–H and O–H groups in total. The Morgan fingerprint density at radius 1 is 1.50 bits per heavy atom. The summed E-state index contributed by atoms with van der Waals surface area (Å²) in [5, 5.41) is 8.36. The van der Waals surface area contributed by atoms with Crippen molar-refractivity contribution in [2.75, 3.05) is 5.32 Å². The van der Waals surface area contributed by atoms with Gasteiger partial charge in [0, 0.05) is 11.4 Å². The number of thiazole rings is 1. The standard InChI is InChI=1S/C17H23ClN4OS/c1-9(2)8-22-15(18)14(11(4)21-22)16(23)20-17-19-12-6-5-10(3)7-13(12)24-17/h9-10H,5-8H2,1-4H3,(H,19,20,23)/t10-/m1/s1. The van der Waals surface area contributed by atoms with E-state index in [0.29, 0.717) is 39.9 Å². The molecule has 0 fully saturated rings. The smallest absolute Gasteiger partial charge is 0.262 e. The van der Waals surface area contributed by atoms with Gasteiger partial charge in [-0.3, -0.25) is 14.8 Å². The lowest BCUT2D eigenvalue weighted by Crippen LogP contribution is -2.13. The molecule has 0 aromatic carbocycles. The third kappa shape index (κ3) is 3.49. The number of carbonyl (C=O) groups excluding carboxylic acids is 1. The van der Waals surface area contributed by atoms with Crippen molar-refractivity contribution in [2.24, 2.45) is 11.8 Å². The van der Waals surface area contributed by atoms with Gasteiger partial charge in [0.05, 0.1) is 17.0 Å². The number of halogens is 1. The van der Waals surface area contributed by atoms with Gasteiger partial charge in [-0.05, 0) is 38.0 Å². The van der Waals surface area contributed by atoms with Crippen LogP contribution in [0.25, 0.3) is 0 Å².